The van der Waals surface area contributed by atoms with E-state index in [0.717, 1.165) is 24.9 Å². The summed E-state index contributed by atoms with van der Waals surface area (Å²) in [5.74, 6) is 0.469. The van der Waals surface area contributed by atoms with E-state index >= 15 is 0 Å². The van der Waals surface area contributed by atoms with Gasteiger partial charge in [-0.05, 0) is 66.3 Å². The molecule has 0 bridgehead atoms. The van der Waals surface area contributed by atoms with Crippen molar-refractivity contribution >= 4 is 27.3 Å². The van der Waals surface area contributed by atoms with Crippen molar-refractivity contribution in [1.29, 1.82) is 0 Å². The van der Waals surface area contributed by atoms with Gasteiger partial charge in [0.25, 0.3) is 0 Å². The Labute approximate surface area is 190 Å². The van der Waals surface area contributed by atoms with E-state index in [0.29, 0.717) is 36.7 Å². The zero-order valence-electron chi connectivity index (χ0n) is 18.6. The average molecular weight is 461 g/mol. The van der Waals surface area contributed by atoms with Crippen LogP contribution in [0, 0.1) is 5.92 Å². The predicted octanol–water partition coefficient (Wildman–Crippen LogP) is 4.81. The Hall–Kier alpha value is -1.70. The Balaban J connectivity index is 1.42. The van der Waals surface area contributed by atoms with Crippen molar-refractivity contribution in [3.8, 4) is 0 Å². The third-order valence-corrected chi connectivity index (χ3v) is 9.66. The molecule has 31 heavy (non-hydrogen) atoms. The average Bonchev–Trinajstić information content (AvgIpc) is 3.27. The number of sulfonamides is 1. The molecule has 1 atom stereocenters. The lowest BCUT2D eigenvalue weighted by Crippen LogP contribution is -2.47. The molecule has 4 rings (SSSR count). The number of amides is 1. The van der Waals surface area contributed by atoms with Gasteiger partial charge in [-0.15, -0.1) is 11.3 Å². The standard InChI is InChI=1S/C24H32N2O3S2/c1-4-22-21-12-16-30-23(21)11-15-26(22)24(27)19-9-13-25(14-10-19)31(28,29)20-7-5-18(6-8-20)17(2)3/h5-8,12,16-17,19,22H,4,9-11,13-15H2,1-3H3/t22-/m1/s1. The Morgan fingerprint density at radius 3 is 2.39 bits per heavy atom. The first-order chi connectivity index (χ1) is 14.8. The molecule has 1 aromatic carbocycles. The minimum atomic E-state index is -3.52. The van der Waals surface area contributed by atoms with Crippen LogP contribution >= 0.6 is 11.3 Å². The van der Waals surface area contributed by atoms with Gasteiger partial charge in [0.2, 0.25) is 15.9 Å². The Morgan fingerprint density at radius 1 is 1.10 bits per heavy atom. The number of piperidine rings is 1. The van der Waals surface area contributed by atoms with E-state index in [1.54, 1.807) is 27.8 Å². The minimum Gasteiger partial charge on any atom is -0.335 e. The number of benzene rings is 1. The van der Waals surface area contributed by atoms with Crippen LogP contribution in [0.4, 0.5) is 0 Å². The highest BCUT2D eigenvalue weighted by atomic mass is 32.2. The van der Waals surface area contributed by atoms with E-state index in [1.807, 2.05) is 12.1 Å². The number of nitrogens with zero attached hydrogens (tertiary/aromatic N) is 2. The van der Waals surface area contributed by atoms with Crippen LogP contribution in [0.25, 0.3) is 0 Å². The first kappa shape index (κ1) is 22.5. The first-order valence-electron chi connectivity index (χ1n) is 11.3. The van der Waals surface area contributed by atoms with Crippen molar-refractivity contribution in [2.24, 2.45) is 5.92 Å². The van der Waals surface area contributed by atoms with Crippen LogP contribution in [0.5, 0.6) is 0 Å². The molecule has 3 heterocycles. The van der Waals surface area contributed by atoms with Gasteiger partial charge in [0, 0.05) is 30.4 Å². The molecule has 0 saturated carbocycles. The molecule has 168 valence electrons. The monoisotopic (exact) mass is 460 g/mol. The Morgan fingerprint density at radius 2 is 1.77 bits per heavy atom. The third-order valence-electron chi connectivity index (χ3n) is 6.75. The number of hydrogen-bond acceptors (Lipinski definition) is 4. The fourth-order valence-electron chi connectivity index (χ4n) is 4.85. The molecule has 0 spiro atoms. The fourth-order valence-corrected chi connectivity index (χ4v) is 7.25. The molecule has 1 fully saturated rings. The molecule has 0 radical (unpaired) electrons. The largest absolute Gasteiger partial charge is 0.335 e. The molecule has 0 aliphatic carbocycles. The fraction of sp³-hybridized carbons (Fsp3) is 0.542. The molecule has 2 aliphatic rings. The SMILES string of the molecule is CC[C@@H]1c2ccsc2CCN1C(=O)C1CCN(S(=O)(=O)c2ccc(C(C)C)cc2)CC1. The molecule has 5 nitrogen and oxygen atoms in total. The summed E-state index contributed by atoms with van der Waals surface area (Å²) in [7, 11) is -3.52. The third kappa shape index (κ3) is 4.32. The van der Waals surface area contributed by atoms with Crippen LogP contribution in [-0.4, -0.2) is 43.2 Å². The van der Waals surface area contributed by atoms with Crippen molar-refractivity contribution in [2.75, 3.05) is 19.6 Å². The van der Waals surface area contributed by atoms with Gasteiger partial charge < -0.3 is 4.90 Å². The molecule has 2 aromatic rings. The van der Waals surface area contributed by atoms with E-state index < -0.39 is 10.0 Å². The normalized spacial score (nSPS) is 20.8. The second-order valence-electron chi connectivity index (χ2n) is 8.91. The van der Waals surface area contributed by atoms with Crippen molar-refractivity contribution in [3.63, 3.8) is 0 Å². The molecule has 1 amide bonds. The maximum atomic E-state index is 13.3. The molecular formula is C24H32N2O3S2. The highest BCUT2D eigenvalue weighted by Crippen LogP contribution is 2.37. The molecule has 0 unspecified atom stereocenters. The van der Waals surface area contributed by atoms with Crippen LogP contribution < -0.4 is 0 Å². The van der Waals surface area contributed by atoms with Gasteiger partial charge in [-0.3, -0.25) is 4.79 Å². The lowest BCUT2D eigenvalue weighted by molar-refractivity contribution is -0.139. The summed E-state index contributed by atoms with van der Waals surface area (Å²) in [6.45, 7) is 7.90. The quantitative estimate of drug-likeness (QED) is 0.643. The second-order valence-corrected chi connectivity index (χ2v) is 11.8. The summed E-state index contributed by atoms with van der Waals surface area (Å²) in [5, 5.41) is 2.12. The summed E-state index contributed by atoms with van der Waals surface area (Å²) in [6.07, 6.45) is 3.01. The van der Waals surface area contributed by atoms with Crippen LogP contribution in [0.3, 0.4) is 0 Å². The van der Waals surface area contributed by atoms with Gasteiger partial charge in [0.05, 0.1) is 10.9 Å². The number of thiophene rings is 1. The van der Waals surface area contributed by atoms with Gasteiger partial charge >= 0.3 is 0 Å². The van der Waals surface area contributed by atoms with E-state index in [9.17, 15) is 13.2 Å². The van der Waals surface area contributed by atoms with E-state index in [4.69, 9.17) is 0 Å². The summed E-state index contributed by atoms with van der Waals surface area (Å²) < 4.78 is 27.7. The number of fused-ring (bicyclic) bond motifs is 1. The number of rotatable bonds is 5. The summed E-state index contributed by atoms with van der Waals surface area (Å²) in [5.41, 5.74) is 2.43. The van der Waals surface area contributed by atoms with Gasteiger partial charge in [0.15, 0.2) is 0 Å². The first-order valence-corrected chi connectivity index (χ1v) is 13.6. The number of carbonyl (C=O) groups is 1. The lowest BCUT2D eigenvalue weighted by atomic mass is 9.92. The van der Waals surface area contributed by atoms with Gasteiger partial charge in [-0.1, -0.05) is 32.9 Å². The smallest absolute Gasteiger partial charge is 0.243 e. The molecule has 0 N–H and O–H groups in total. The van der Waals surface area contributed by atoms with Crippen LogP contribution in [-0.2, 0) is 21.2 Å². The maximum absolute atomic E-state index is 13.3. The maximum Gasteiger partial charge on any atom is 0.243 e. The van der Waals surface area contributed by atoms with Crippen LogP contribution in [0.15, 0.2) is 40.6 Å². The highest BCUT2D eigenvalue weighted by molar-refractivity contribution is 7.89. The van der Waals surface area contributed by atoms with Crippen LogP contribution in [0.1, 0.15) is 68.0 Å². The lowest BCUT2D eigenvalue weighted by Gasteiger charge is -2.39. The number of carbonyl (C=O) groups excluding carboxylic acids is 1. The van der Waals surface area contributed by atoms with Crippen LogP contribution in [0.2, 0.25) is 0 Å². The highest BCUT2D eigenvalue weighted by Gasteiger charge is 2.37. The zero-order valence-corrected chi connectivity index (χ0v) is 20.2. The predicted molar refractivity (Wildman–Crippen MR) is 125 cm³/mol. The van der Waals surface area contributed by atoms with Crippen molar-refractivity contribution in [3.05, 3.63) is 51.7 Å². The van der Waals surface area contributed by atoms with Gasteiger partial charge in [0.1, 0.15) is 0 Å². The summed E-state index contributed by atoms with van der Waals surface area (Å²) >= 11 is 1.79. The Kier molecular flexibility index (Phi) is 6.56. The molecular weight excluding hydrogens is 428 g/mol. The van der Waals surface area contributed by atoms with E-state index in [-0.39, 0.29) is 17.9 Å². The van der Waals surface area contributed by atoms with E-state index in [2.05, 4.69) is 37.1 Å². The molecule has 7 heteroatoms. The van der Waals surface area contributed by atoms with E-state index in [1.165, 1.54) is 10.4 Å². The topological polar surface area (TPSA) is 57.7 Å². The molecule has 2 aliphatic heterocycles. The molecule has 1 saturated heterocycles. The zero-order chi connectivity index (χ0) is 22.2. The van der Waals surface area contributed by atoms with Crippen molar-refractivity contribution in [2.45, 2.75) is 63.3 Å². The summed E-state index contributed by atoms with van der Waals surface area (Å²) in [4.78, 5) is 17.1. The number of hydrogen-bond donors (Lipinski definition) is 0. The minimum absolute atomic E-state index is 0.0935. The van der Waals surface area contributed by atoms with Crippen molar-refractivity contribution in [1.82, 2.24) is 9.21 Å². The summed E-state index contributed by atoms with van der Waals surface area (Å²) in [6, 6.07) is 9.53. The Bertz CT molecular complexity index is 1020. The molecule has 1 aromatic heterocycles. The van der Waals surface area contributed by atoms with Crippen molar-refractivity contribution < 1.29 is 13.2 Å². The van der Waals surface area contributed by atoms with Gasteiger partial charge in [-0.25, -0.2) is 8.42 Å². The second kappa shape index (κ2) is 9.04. The van der Waals surface area contributed by atoms with Gasteiger partial charge in [-0.2, -0.15) is 4.31 Å².